The number of rotatable bonds is 14. The van der Waals surface area contributed by atoms with Crippen LogP contribution in [0.1, 0.15) is 102 Å². The normalized spacial score (nSPS) is 12.1. The molecule has 1 rings (SSSR count). The van der Waals surface area contributed by atoms with Crippen LogP contribution in [-0.2, 0) is 14.3 Å². The highest BCUT2D eigenvalue weighted by molar-refractivity contribution is 5.90. The molecular weight excluding hydrogens is 442 g/mol. The van der Waals surface area contributed by atoms with Gasteiger partial charge in [-0.25, -0.2) is 4.79 Å². The van der Waals surface area contributed by atoms with Crippen LogP contribution in [0.4, 0.5) is 4.79 Å². The van der Waals surface area contributed by atoms with Gasteiger partial charge in [0.15, 0.2) is 0 Å². The van der Waals surface area contributed by atoms with Gasteiger partial charge in [0.25, 0.3) is 0 Å². The van der Waals surface area contributed by atoms with Crippen molar-refractivity contribution in [3.8, 4) is 0 Å². The van der Waals surface area contributed by atoms with Crippen molar-refractivity contribution in [2.24, 2.45) is 0 Å². The smallest absolute Gasteiger partial charge is 0.408 e. The first kappa shape index (κ1) is 30.5. The van der Waals surface area contributed by atoms with Crippen LogP contribution in [-0.4, -0.2) is 48.0 Å². The van der Waals surface area contributed by atoms with Gasteiger partial charge in [0.05, 0.1) is 0 Å². The minimum atomic E-state index is -0.759. The van der Waals surface area contributed by atoms with Gasteiger partial charge in [0.2, 0.25) is 11.8 Å². The molecule has 0 radical (unpaired) electrons. The van der Waals surface area contributed by atoms with E-state index in [0.29, 0.717) is 13.1 Å². The highest BCUT2D eigenvalue weighted by Crippen LogP contribution is 2.25. The van der Waals surface area contributed by atoms with Crippen LogP contribution in [0.25, 0.3) is 0 Å². The fourth-order valence-corrected chi connectivity index (χ4v) is 3.99. The third-order valence-corrected chi connectivity index (χ3v) is 5.56. The first-order chi connectivity index (χ1) is 16.5. The Hall–Kier alpha value is -2.57. The zero-order chi connectivity index (χ0) is 26.4. The molecule has 1 unspecified atom stereocenters. The second-order valence-electron chi connectivity index (χ2n) is 10.3. The molecule has 198 valence electrons. The quantitative estimate of drug-likeness (QED) is 0.334. The zero-order valence-electron chi connectivity index (χ0n) is 23.0. The lowest BCUT2D eigenvalue weighted by Crippen LogP contribution is -2.48. The number of ether oxygens (including phenoxy) is 1. The number of nitrogens with one attached hydrogen (secondary N) is 2. The molecule has 0 saturated carbocycles. The van der Waals surface area contributed by atoms with Gasteiger partial charge >= 0.3 is 6.09 Å². The molecule has 0 fully saturated rings. The number of carbonyl (C=O) groups is 3. The molecule has 1 atom stereocenters. The maximum absolute atomic E-state index is 13.5. The highest BCUT2D eigenvalue weighted by atomic mass is 16.6. The van der Waals surface area contributed by atoms with Crippen LogP contribution in [0.2, 0.25) is 0 Å². The molecule has 0 aromatic heterocycles. The van der Waals surface area contributed by atoms with Crippen LogP contribution in [0, 0.1) is 13.8 Å². The largest absolute Gasteiger partial charge is 0.444 e. The Morgan fingerprint density at radius 1 is 0.886 bits per heavy atom. The molecule has 0 aliphatic carbocycles. The van der Waals surface area contributed by atoms with Crippen molar-refractivity contribution in [3.63, 3.8) is 0 Å². The van der Waals surface area contributed by atoms with E-state index in [1.54, 1.807) is 25.7 Å². The fraction of sp³-hybridized carbons (Fsp3) is 0.679. The molecule has 0 bridgehead atoms. The first-order valence-electron chi connectivity index (χ1n) is 13.1. The van der Waals surface area contributed by atoms with Gasteiger partial charge in [-0.05, 0) is 53.0 Å². The molecule has 7 nitrogen and oxygen atoms in total. The van der Waals surface area contributed by atoms with Crippen LogP contribution >= 0.6 is 0 Å². The second-order valence-corrected chi connectivity index (χ2v) is 10.3. The number of aryl methyl sites for hydroxylation is 2. The SMILES string of the molecule is CCCCCCN(C(=O)CNC(=O)OC(C)(C)C)C(C(=O)NCCCCC)c1cc(C)cc(C)c1. The zero-order valence-corrected chi connectivity index (χ0v) is 23.0. The van der Waals surface area contributed by atoms with Crippen molar-refractivity contribution in [2.45, 2.75) is 105 Å². The Morgan fingerprint density at radius 2 is 1.49 bits per heavy atom. The minimum Gasteiger partial charge on any atom is -0.444 e. The Morgan fingerprint density at radius 3 is 2.06 bits per heavy atom. The van der Waals surface area contributed by atoms with E-state index in [-0.39, 0.29) is 18.4 Å². The molecule has 0 heterocycles. The molecular formula is C28H47N3O4. The number of nitrogens with zero attached hydrogens (tertiary/aromatic N) is 1. The van der Waals surface area contributed by atoms with Gasteiger partial charge in [-0.15, -0.1) is 0 Å². The third kappa shape index (κ3) is 12.1. The average Bonchev–Trinajstić information content (AvgIpc) is 2.75. The van der Waals surface area contributed by atoms with E-state index >= 15 is 0 Å². The number of benzene rings is 1. The molecule has 1 aromatic rings. The Labute approximate surface area is 212 Å². The minimum absolute atomic E-state index is 0.188. The van der Waals surface area contributed by atoms with Crippen molar-refractivity contribution in [2.75, 3.05) is 19.6 Å². The van der Waals surface area contributed by atoms with Crippen molar-refractivity contribution in [1.29, 1.82) is 0 Å². The average molecular weight is 490 g/mol. The maximum Gasteiger partial charge on any atom is 0.408 e. The second kappa shape index (κ2) is 15.4. The van der Waals surface area contributed by atoms with Crippen molar-refractivity contribution < 1.29 is 19.1 Å². The summed E-state index contributed by atoms with van der Waals surface area (Å²) in [4.78, 5) is 40.7. The summed E-state index contributed by atoms with van der Waals surface area (Å²) in [5.41, 5.74) is 2.20. The lowest BCUT2D eigenvalue weighted by molar-refractivity contribution is -0.140. The number of unbranched alkanes of at least 4 members (excludes halogenated alkanes) is 5. The van der Waals surface area contributed by atoms with Gasteiger partial charge in [-0.3, -0.25) is 9.59 Å². The summed E-state index contributed by atoms with van der Waals surface area (Å²) < 4.78 is 5.28. The van der Waals surface area contributed by atoms with E-state index in [4.69, 9.17) is 4.74 Å². The summed E-state index contributed by atoms with van der Waals surface area (Å²) in [5.74, 6) is -0.493. The number of amides is 3. The molecule has 0 spiro atoms. The summed E-state index contributed by atoms with van der Waals surface area (Å²) in [5, 5.41) is 5.61. The van der Waals surface area contributed by atoms with E-state index in [9.17, 15) is 14.4 Å². The molecule has 3 amide bonds. The maximum atomic E-state index is 13.5. The van der Waals surface area contributed by atoms with Crippen molar-refractivity contribution >= 4 is 17.9 Å². The lowest BCUT2D eigenvalue weighted by Gasteiger charge is -2.32. The van der Waals surface area contributed by atoms with E-state index < -0.39 is 17.7 Å². The summed E-state index contributed by atoms with van der Waals surface area (Å²) in [7, 11) is 0. The first-order valence-corrected chi connectivity index (χ1v) is 13.1. The van der Waals surface area contributed by atoms with Crippen molar-refractivity contribution in [3.05, 3.63) is 34.9 Å². The van der Waals surface area contributed by atoms with Gasteiger partial charge in [-0.1, -0.05) is 75.3 Å². The van der Waals surface area contributed by atoms with Crippen LogP contribution in [0.5, 0.6) is 0 Å². The monoisotopic (exact) mass is 489 g/mol. The van der Waals surface area contributed by atoms with E-state index in [2.05, 4.69) is 30.5 Å². The Kier molecular flexibility index (Phi) is 13.4. The standard InChI is InChI=1S/C28H47N3O4/c1-8-10-12-14-16-31(24(32)20-30-27(34)35-28(5,6)7)25(26(33)29-15-13-11-9-2)23-18-21(3)17-22(4)19-23/h17-19,25H,8-16,20H2,1-7H3,(H,29,33)(H,30,34). The molecule has 1 aromatic carbocycles. The van der Waals surface area contributed by atoms with Crippen LogP contribution in [0.15, 0.2) is 18.2 Å². The van der Waals surface area contributed by atoms with Gasteiger partial charge < -0.3 is 20.3 Å². The summed E-state index contributed by atoms with van der Waals surface area (Å²) in [6.45, 7) is 14.3. The molecule has 0 aliphatic rings. The summed E-state index contributed by atoms with van der Waals surface area (Å²) in [6, 6.07) is 5.23. The number of alkyl carbamates (subject to hydrolysis) is 1. The summed E-state index contributed by atoms with van der Waals surface area (Å²) in [6.07, 6.45) is 6.24. The van der Waals surface area contributed by atoms with Gasteiger partial charge in [-0.2, -0.15) is 0 Å². The Balaban J connectivity index is 3.20. The topological polar surface area (TPSA) is 87.7 Å². The highest BCUT2D eigenvalue weighted by Gasteiger charge is 2.31. The lowest BCUT2D eigenvalue weighted by atomic mass is 9.98. The van der Waals surface area contributed by atoms with E-state index in [1.165, 1.54) is 0 Å². The van der Waals surface area contributed by atoms with Crippen LogP contribution < -0.4 is 10.6 Å². The molecule has 7 heteroatoms. The summed E-state index contributed by atoms with van der Waals surface area (Å²) >= 11 is 0. The van der Waals surface area contributed by atoms with E-state index in [0.717, 1.165) is 61.6 Å². The van der Waals surface area contributed by atoms with Gasteiger partial charge in [0.1, 0.15) is 18.2 Å². The van der Waals surface area contributed by atoms with Gasteiger partial charge in [0, 0.05) is 13.1 Å². The predicted octanol–water partition coefficient (Wildman–Crippen LogP) is 5.58. The molecule has 35 heavy (non-hydrogen) atoms. The number of hydrogen-bond donors (Lipinski definition) is 2. The number of hydrogen-bond acceptors (Lipinski definition) is 4. The molecule has 2 N–H and O–H groups in total. The van der Waals surface area contributed by atoms with Crippen LogP contribution in [0.3, 0.4) is 0 Å². The number of carbonyl (C=O) groups excluding carboxylic acids is 3. The fourth-order valence-electron chi connectivity index (χ4n) is 3.99. The predicted molar refractivity (Wildman–Crippen MR) is 141 cm³/mol. The van der Waals surface area contributed by atoms with E-state index in [1.807, 2.05) is 26.0 Å². The molecule has 0 saturated heterocycles. The third-order valence-electron chi connectivity index (χ3n) is 5.56. The molecule has 0 aliphatic heterocycles. The Bertz CT molecular complexity index is 797. The van der Waals surface area contributed by atoms with Crippen molar-refractivity contribution in [1.82, 2.24) is 15.5 Å².